The van der Waals surface area contributed by atoms with Gasteiger partial charge in [0, 0.05) is 6.04 Å². The highest BCUT2D eigenvalue weighted by atomic mass is 19.1. The van der Waals surface area contributed by atoms with Crippen LogP contribution in [-0.2, 0) is 4.79 Å². The third kappa shape index (κ3) is 3.93. The molecule has 1 unspecified atom stereocenters. The van der Waals surface area contributed by atoms with E-state index in [1.165, 1.54) is 12.1 Å². The molecule has 0 spiro atoms. The minimum atomic E-state index is -0.732. The molecule has 1 saturated carbocycles. The zero-order valence-corrected chi connectivity index (χ0v) is 11.6. The number of rotatable bonds is 5. The van der Waals surface area contributed by atoms with Crippen LogP contribution in [0, 0.1) is 5.82 Å². The standard InChI is InChI=1S/C15H20FNO3/c1-10(18)11-6-7-14(13(16)8-11)20-9-15(19)17-12-4-2-3-5-12/h6-8,10,12,18H,2-5,9H2,1H3,(H,17,19). The summed E-state index contributed by atoms with van der Waals surface area (Å²) in [5.41, 5.74) is 0.477. The van der Waals surface area contributed by atoms with E-state index in [1.54, 1.807) is 13.0 Å². The average molecular weight is 281 g/mol. The summed E-state index contributed by atoms with van der Waals surface area (Å²) in [5.74, 6) is -0.774. The summed E-state index contributed by atoms with van der Waals surface area (Å²) in [7, 11) is 0. The lowest BCUT2D eigenvalue weighted by atomic mass is 10.1. The van der Waals surface area contributed by atoms with Crippen LogP contribution < -0.4 is 10.1 Å². The van der Waals surface area contributed by atoms with Crippen LogP contribution in [0.15, 0.2) is 18.2 Å². The predicted molar refractivity (Wildman–Crippen MR) is 72.9 cm³/mol. The van der Waals surface area contributed by atoms with Gasteiger partial charge in [0.1, 0.15) is 0 Å². The van der Waals surface area contributed by atoms with Gasteiger partial charge in [0.15, 0.2) is 18.2 Å². The van der Waals surface area contributed by atoms with Crippen LogP contribution in [0.3, 0.4) is 0 Å². The third-order valence-corrected chi connectivity index (χ3v) is 3.52. The Hall–Kier alpha value is -1.62. The molecule has 20 heavy (non-hydrogen) atoms. The summed E-state index contributed by atoms with van der Waals surface area (Å²) in [5, 5.41) is 12.2. The van der Waals surface area contributed by atoms with Gasteiger partial charge in [-0.3, -0.25) is 4.79 Å². The van der Waals surface area contributed by atoms with Crippen LogP contribution in [0.1, 0.15) is 44.3 Å². The van der Waals surface area contributed by atoms with Gasteiger partial charge in [-0.15, -0.1) is 0 Å². The van der Waals surface area contributed by atoms with Crippen LogP contribution in [0.5, 0.6) is 5.75 Å². The lowest BCUT2D eigenvalue weighted by Crippen LogP contribution is -2.36. The molecule has 0 heterocycles. The first-order valence-electron chi connectivity index (χ1n) is 6.96. The monoisotopic (exact) mass is 281 g/mol. The topological polar surface area (TPSA) is 58.6 Å². The SMILES string of the molecule is CC(O)c1ccc(OCC(=O)NC2CCCC2)c(F)c1. The maximum atomic E-state index is 13.7. The molecule has 0 bridgehead atoms. The van der Waals surface area contributed by atoms with E-state index in [9.17, 15) is 14.3 Å². The molecule has 0 aliphatic heterocycles. The number of nitrogens with one attached hydrogen (secondary N) is 1. The van der Waals surface area contributed by atoms with Crippen molar-refractivity contribution in [1.29, 1.82) is 0 Å². The predicted octanol–water partition coefficient (Wildman–Crippen LogP) is 2.32. The van der Waals surface area contributed by atoms with Crippen molar-refractivity contribution in [2.45, 2.75) is 44.8 Å². The Morgan fingerprint density at radius 3 is 2.80 bits per heavy atom. The summed E-state index contributed by atoms with van der Waals surface area (Å²) < 4.78 is 18.9. The molecule has 2 rings (SSSR count). The minimum absolute atomic E-state index is 0.0240. The van der Waals surface area contributed by atoms with Gasteiger partial charge in [-0.25, -0.2) is 4.39 Å². The number of amides is 1. The van der Waals surface area contributed by atoms with E-state index in [-0.39, 0.29) is 24.3 Å². The molecule has 2 N–H and O–H groups in total. The lowest BCUT2D eigenvalue weighted by molar-refractivity contribution is -0.123. The van der Waals surface area contributed by atoms with Crippen molar-refractivity contribution in [3.63, 3.8) is 0 Å². The molecule has 110 valence electrons. The van der Waals surface area contributed by atoms with Crippen molar-refractivity contribution < 1.29 is 19.0 Å². The Labute approximate surface area is 117 Å². The van der Waals surface area contributed by atoms with Gasteiger partial charge in [0.05, 0.1) is 6.10 Å². The number of hydrogen-bond donors (Lipinski definition) is 2. The van der Waals surface area contributed by atoms with Crippen LogP contribution in [0.4, 0.5) is 4.39 Å². The number of carbonyl (C=O) groups is 1. The van der Waals surface area contributed by atoms with E-state index < -0.39 is 11.9 Å². The fourth-order valence-corrected chi connectivity index (χ4v) is 2.38. The Kier molecular flexibility index (Phi) is 4.95. The maximum Gasteiger partial charge on any atom is 0.258 e. The van der Waals surface area contributed by atoms with Crippen molar-refractivity contribution in [3.8, 4) is 5.75 Å². The largest absolute Gasteiger partial charge is 0.481 e. The van der Waals surface area contributed by atoms with Crippen molar-refractivity contribution in [1.82, 2.24) is 5.32 Å². The Morgan fingerprint density at radius 2 is 2.20 bits per heavy atom. The fraction of sp³-hybridized carbons (Fsp3) is 0.533. The van der Waals surface area contributed by atoms with Gasteiger partial charge < -0.3 is 15.2 Å². The fourth-order valence-electron chi connectivity index (χ4n) is 2.38. The Bertz CT molecular complexity index is 470. The number of aliphatic hydroxyl groups excluding tert-OH is 1. The number of hydrogen-bond acceptors (Lipinski definition) is 3. The molecular weight excluding hydrogens is 261 g/mol. The molecule has 0 radical (unpaired) electrons. The van der Waals surface area contributed by atoms with Gasteiger partial charge in [0.2, 0.25) is 0 Å². The van der Waals surface area contributed by atoms with Crippen LogP contribution in [0.2, 0.25) is 0 Å². The number of aliphatic hydroxyl groups is 1. The van der Waals surface area contributed by atoms with Crippen molar-refractivity contribution >= 4 is 5.91 Å². The maximum absolute atomic E-state index is 13.7. The smallest absolute Gasteiger partial charge is 0.258 e. The number of benzene rings is 1. The van der Waals surface area contributed by atoms with E-state index in [0.29, 0.717) is 5.56 Å². The molecule has 1 aliphatic rings. The molecule has 0 aromatic heterocycles. The highest BCUT2D eigenvalue weighted by molar-refractivity contribution is 5.77. The van der Waals surface area contributed by atoms with E-state index in [2.05, 4.69) is 5.32 Å². The highest BCUT2D eigenvalue weighted by Crippen LogP contribution is 2.22. The van der Waals surface area contributed by atoms with Crippen LogP contribution in [0.25, 0.3) is 0 Å². The molecule has 0 saturated heterocycles. The first kappa shape index (κ1) is 14.8. The molecule has 1 atom stereocenters. The van der Waals surface area contributed by atoms with Crippen LogP contribution in [-0.4, -0.2) is 23.7 Å². The molecule has 1 aromatic carbocycles. The van der Waals surface area contributed by atoms with Gasteiger partial charge in [-0.1, -0.05) is 18.9 Å². The summed E-state index contributed by atoms with van der Waals surface area (Å²) >= 11 is 0. The van der Waals surface area contributed by atoms with Gasteiger partial charge >= 0.3 is 0 Å². The molecule has 1 fully saturated rings. The molecule has 5 heteroatoms. The number of carbonyl (C=O) groups excluding carboxylic acids is 1. The zero-order chi connectivity index (χ0) is 14.5. The Morgan fingerprint density at radius 1 is 1.50 bits per heavy atom. The van der Waals surface area contributed by atoms with Crippen molar-refractivity contribution in [2.24, 2.45) is 0 Å². The molecule has 1 amide bonds. The highest BCUT2D eigenvalue weighted by Gasteiger charge is 2.17. The molecule has 1 aromatic rings. The van der Waals surface area contributed by atoms with E-state index >= 15 is 0 Å². The molecule has 1 aliphatic carbocycles. The summed E-state index contributed by atoms with van der Waals surface area (Å²) in [6, 6.07) is 4.46. The van der Waals surface area contributed by atoms with Gasteiger partial charge in [0.25, 0.3) is 5.91 Å². The van der Waals surface area contributed by atoms with E-state index in [0.717, 1.165) is 25.7 Å². The number of halogens is 1. The van der Waals surface area contributed by atoms with Crippen LogP contribution >= 0.6 is 0 Å². The second-order valence-electron chi connectivity index (χ2n) is 5.20. The first-order valence-corrected chi connectivity index (χ1v) is 6.96. The zero-order valence-electron chi connectivity index (χ0n) is 11.6. The van der Waals surface area contributed by atoms with Gasteiger partial charge in [-0.05, 0) is 37.5 Å². The Balaban J connectivity index is 1.85. The average Bonchev–Trinajstić information content (AvgIpc) is 2.90. The third-order valence-electron chi connectivity index (χ3n) is 3.52. The molecular formula is C15H20FNO3. The summed E-state index contributed by atoms with van der Waals surface area (Å²) in [6.45, 7) is 1.37. The quantitative estimate of drug-likeness (QED) is 0.870. The minimum Gasteiger partial charge on any atom is -0.481 e. The second kappa shape index (κ2) is 6.70. The summed E-state index contributed by atoms with van der Waals surface area (Å²) in [6.07, 6.45) is 3.55. The number of ether oxygens (including phenoxy) is 1. The van der Waals surface area contributed by atoms with Crippen molar-refractivity contribution in [2.75, 3.05) is 6.61 Å². The molecule has 4 nitrogen and oxygen atoms in total. The van der Waals surface area contributed by atoms with Crippen molar-refractivity contribution in [3.05, 3.63) is 29.6 Å². The first-order chi connectivity index (χ1) is 9.56. The van der Waals surface area contributed by atoms with E-state index in [4.69, 9.17) is 4.74 Å². The second-order valence-corrected chi connectivity index (χ2v) is 5.20. The van der Waals surface area contributed by atoms with Gasteiger partial charge in [-0.2, -0.15) is 0 Å². The lowest BCUT2D eigenvalue weighted by Gasteiger charge is -2.13. The van der Waals surface area contributed by atoms with E-state index in [1.807, 2.05) is 0 Å². The normalized spacial score (nSPS) is 16.9. The summed E-state index contributed by atoms with van der Waals surface area (Å²) in [4.78, 5) is 11.7.